The molecule has 3 heteroatoms. The Morgan fingerprint density at radius 2 is 1.93 bits per heavy atom. The lowest BCUT2D eigenvalue weighted by molar-refractivity contribution is 0.634. The Morgan fingerprint density at radius 3 is 2.60 bits per heavy atom. The molecule has 0 aromatic heterocycles. The minimum absolute atomic E-state index is 0.282. The molecule has 0 aliphatic heterocycles. The number of rotatable bonds is 1. The van der Waals surface area contributed by atoms with Crippen molar-refractivity contribution in [2.75, 3.05) is 0 Å². The lowest BCUT2D eigenvalue weighted by Gasteiger charge is -2.27. The van der Waals surface area contributed by atoms with Crippen LogP contribution in [0.5, 0.6) is 0 Å². The largest absolute Gasteiger partial charge is 0.309 e. The first-order chi connectivity index (χ1) is 7.09. The van der Waals surface area contributed by atoms with Crippen LogP contribution in [0.1, 0.15) is 12.0 Å². The van der Waals surface area contributed by atoms with Crippen LogP contribution in [0.4, 0.5) is 4.39 Å². The van der Waals surface area contributed by atoms with Crippen LogP contribution >= 0.6 is 11.6 Å². The van der Waals surface area contributed by atoms with Gasteiger partial charge in [-0.2, -0.15) is 0 Å². The molecule has 0 saturated carbocycles. The van der Waals surface area contributed by atoms with Gasteiger partial charge in [-0.3, -0.25) is 0 Å². The molecule has 1 atom stereocenters. The van der Waals surface area contributed by atoms with Gasteiger partial charge >= 0.3 is 0 Å². The average Bonchev–Trinajstić information content (AvgIpc) is 2.23. The highest BCUT2D eigenvalue weighted by Crippen LogP contribution is 2.36. The summed E-state index contributed by atoms with van der Waals surface area (Å²) >= 11 is 6.14. The van der Waals surface area contributed by atoms with Gasteiger partial charge in [0, 0.05) is 6.42 Å². The molecule has 0 bridgehead atoms. The predicted octanol–water partition coefficient (Wildman–Crippen LogP) is 3.22. The van der Waals surface area contributed by atoms with Crippen LogP contribution in [0, 0.1) is 0 Å². The van der Waals surface area contributed by atoms with Crippen molar-refractivity contribution >= 4 is 17.2 Å². The predicted molar refractivity (Wildman–Crippen MR) is 61.0 cm³/mol. The number of nitrogens with two attached hydrogens (primary N) is 1. The van der Waals surface area contributed by atoms with Crippen LogP contribution in [-0.2, 0) is 0 Å². The fraction of sp³-hybridized carbons (Fsp3) is 0.167. The maximum atomic E-state index is 13.1. The van der Waals surface area contributed by atoms with E-state index in [0.29, 0.717) is 12.0 Å². The van der Waals surface area contributed by atoms with Crippen LogP contribution < -0.4 is 5.73 Å². The molecule has 0 heterocycles. The van der Waals surface area contributed by atoms with E-state index < -0.39 is 5.00 Å². The van der Waals surface area contributed by atoms with Crippen molar-refractivity contribution in [2.45, 2.75) is 11.4 Å². The first-order valence-corrected chi connectivity index (χ1v) is 5.08. The molecular formula is C12H11ClFN. The molecule has 15 heavy (non-hydrogen) atoms. The molecule has 0 amide bonds. The molecule has 1 aromatic carbocycles. The van der Waals surface area contributed by atoms with E-state index in [-0.39, 0.29) is 5.83 Å². The summed E-state index contributed by atoms with van der Waals surface area (Å²) in [5.74, 6) is -0.282. The highest BCUT2D eigenvalue weighted by Gasteiger charge is 2.29. The summed E-state index contributed by atoms with van der Waals surface area (Å²) in [6, 6.07) is 9.38. The summed E-state index contributed by atoms with van der Waals surface area (Å²) in [6.45, 7) is 0. The zero-order valence-electron chi connectivity index (χ0n) is 8.08. The molecule has 78 valence electrons. The summed E-state index contributed by atoms with van der Waals surface area (Å²) in [4.78, 5) is -1.00. The van der Waals surface area contributed by atoms with Gasteiger partial charge in [0.25, 0.3) is 0 Å². The fourth-order valence-electron chi connectivity index (χ4n) is 1.61. The highest BCUT2D eigenvalue weighted by atomic mass is 35.5. The van der Waals surface area contributed by atoms with Crippen molar-refractivity contribution in [2.24, 2.45) is 5.73 Å². The van der Waals surface area contributed by atoms with Gasteiger partial charge in [-0.25, -0.2) is 4.39 Å². The van der Waals surface area contributed by atoms with Gasteiger partial charge in [-0.15, -0.1) is 0 Å². The van der Waals surface area contributed by atoms with Gasteiger partial charge in [-0.05, 0) is 23.3 Å². The van der Waals surface area contributed by atoms with Gasteiger partial charge in [0.1, 0.15) is 10.8 Å². The average molecular weight is 224 g/mol. The molecule has 1 nitrogen and oxygen atoms in total. The first kappa shape index (κ1) is 10.4. The van der Waals surface area contributed by atoms with Gasteiger partial charge in [0.05, 0.1) is 0 Å². The van der Waals surface area contributed by atoms with Crippen LogP contribution in [0.15, 0.2) is 48.3 Å². The number of benzene rings is 1. The number of hydrogen-bond donors (Lipinski definition) is 1. The van der Waals surface area contributed by atoms with Gasteiger partial charge in [0.15, 0.2) is 0 Å². The summed E-state index contributed by atoms with van der Waals surface area (Å²) in [5, 5.41) is 0. The Morgan fingerprint density at radius 1 is 1.27 bits per heavy atom. The SMILES string of the molecule is NC1(Cl)CC=C(F)C=C1c1ccccc1. The topological polar surface area (TPSA) is 26.0 Å². The Balaban J connectivity index is 2.47. The van der Waals surface area contributed by atoms with Crippen molar-refractivity contribution in [3.63, 3.8) is 0 Å². The zero-order chi connectivity index (χ0) is 10.9. The number of hydrogen-bond acceptors (Lipinski definition) is 1. The quantitative estimate of drug-likeness (QED) is 0.574. The van der Waals surface area contributed by atoms with E-state index in [2.05, 4.69) is 0 Å². The smallest absolute Gasteiger partial charge is 0.121 e. The van der Waals surface area contributed by atoms with E-state index in [9.17, 15) is 4.39 Å². The van der Waals surface area contributed by atoms with Crippen molar-refractivity contribution < 1.29 is 4.39 Å². The lowest BCUT2D eigenvalue weighted by Crippen LogP contribution is -2.35. The van der Waals surface area contributed by atoms with Crippen LogP contribution in [0.2, 0.25) is 0 Å². The molecule has 2 rings (SSSR count). The first-order valence-electron chi connectivity index (χ1n) is 4.71. The molecule has 2 N–H and O–H groups in total. The third kappa shape index (κ3) is 2.11. The highest BCUT2D eigenvalue weighted by molar-refractivity contribution is 6.30. The van der Waals surface area contributed by atoms with E-state index in [1.807, 2.05) is 30.3 Å². The maximum absolute atomic E-state index is 13.1. The van der Waals surface area contributed by atoms with Gasteiger partial charge < -0.3 is 5.73 Å². The molecule has 1 aliphatic carbocycles. The third-order valence-electron chi connectivity index (χ3n) is 2.41. The second kappa shape index (κ2) is 3.80. The minimum Gasteiger partial charge on any atom is -0.309 e. The van der Waals surface area contributed by atoms with E-state index in [1.165, 1.54) is 12.2 Å². The van der Waals surface area contributed by atoms with Gasteiger partial charge in [0.2, 0.25) is 0 Å². The summed E-state index contributed by atoms with van der Waals surface area (Å²) < 4.78 is 13.1. The normalized spacial score (nSPS) is 25.8. The second-order valence-corrected chi connectivity index (χ2v) is 4.25. The van der Waals surface area contributed by atoms with E-state index in [1.54, 1.807) is 0 Å². The number of allylic oxidation sites excluding steroid dienone is 2. The minimum atomic E-state index is -1.00. The van der Waals surface area contributed by atoms with Crippen LogP contribution in [0.25, 0.3) is 5.57 Å². The number of halogens is 2. The van der Waals surface area contributed by atoms with Crippen molar-refractivity contribution in [3.05, 3.63) is 53.9 Å². The molecule has 1 aliphatic rings. The van der Waals surface area contributed by atoms with Crippen molar-refractivity contribution in [3.8, 4) is 0 Å². The summed E-state index contributed by atoms with van der Waals surface area (Å²) in [6.07, 6.45) is 3.10. The third-order valence-corrected chi connectivity index (χ3v) is 2.77. The van der Waals surface area contributed by atoms with E-state index in [0.717, 1.165) is 5.56 Å². The standard InChI is InChI=1S/C12H11ClFN/c13-12(15)7-6-10(14)8-11(12)9-4-2-1-3-5-9/h1-6,8H,7,15H2. The van der Waals surface area contributed by atoms with Gasteiger partial charge in [-0.1, -0.05) is 41.9 Å². The fourth-order valence-corrected chi connectivity index (χ4v) is 1.85. The lowest BCUT2D eigenvalue weighted by atomic mass is 9.92. The van der Waals surface area contributed by atoms with Crippen LogP contribution in [0.3, 0.4) is 0 Å². The van der Waals surface area contributed by atoms with Crippen LogP contribution in [-0.4, -0.2) is 5.00 Å². The molecule has 0 saturated heterocycles. The monoisotopic (exact) mass is 223 g/mol. The Kier molecular flexibility index (Phi) is 2.63. The van der Waals surface area contributed by atoms with E-state index in [4.69, 9.17) is 17.3 Å². The maximum Gasteiger partial charge on any atom is 0.121 e. The molecule has 1 aromatic rings. The molecule has 0 spiro atoms. The molecular weight excluding hydrogens is 213 g/mol. The Labute approximate surface area is 93.0 Å². The Hall–Kier alpha value is -1.12. The van der Waals surface area contributed by atoms with E-state index >= 15 is 0 Å². The Bertz CT molecular complexity index is 421. The van der Waals surface area contributed by atoms with Crippen molar-refractivity contribution in [1.82, 2.24) is 0 Å². The molecule has 0 fully saturated rings. The number of alkyl halides is 1. The summed E-state index contributed by atoms with van der Waals surface area (Å²) in [5.41, 5.74) is 7.39. The zero-order valence-corrected chi connectivity index (χ0v) is 8.84. The second-order valence-electron chi connectivity index (χ2n) is 3.58. The summed E-state index contributed by atoms with van der Waals surface area (Å²) in [7, 11) is 0. The van der Waals surface area contributed by atoms with Crippen molar-refractivity contribution in [1.29, 1.82) is 0 Å². The molecule has 0 radical (unpaired) electrons. The molecule has 1 unspecified atom stereocenters.